The Morgan fingerprint density at radius 2 is 2.00 bits per heavy atom. The summed E-state index contributed by atoms with van der Waals surface area (Å²) in [5.41, 5.74) is 5.70. The molecular weight excluding hydrogens is 243 g/mol. The molecule has 18 heavy (non-hydrogen) atoms. The van der Waals surface area contributed by atoms with Gasteiger partial charge in [-0.3, -0.25) is 4.90 Å². The molecule has 1 fully saturated rings. The second-order valence-electron chi connectivity index (χ2n) is 5.35. The molecule has 0 amide bonds. The Bertz CT molecular complexity index is 255. The van der Waals surface area contributed by atoms with Gasteiger partial charge in [-0.15, -0.1) is 0 Å². The highest BCUT2D eigenvalue weighted by atomic mass is 19.4. The highest BCUT2D eigenvalue weighted by Gasteiger charge is 2.49. The second-order valence-corrected chi connectivity index (χ2v) is 5.35. The second kappa shape index (κ2) is 6.21. The number of nitrogens with zero attached hydrogens (tertiary/aromatic N) is 2. The predicted octanol–water partition coefficient (Wildman–Crippen LogP) is 1.68. The average Bonchev–Trinajstić information content (AvgIpc) is 2.63. The normalized spacial score (nSPS) is 25.7. The number of likely N-dealkylation sites (N-methyl/N-ethyl adjacent to an activating group) is 1. The van der Waals surface area contributed by atoms with Gasteiger partial charge in [0, 0.05) is 18.6 Å². The van der Waals surface area contributed by atoms with Gasteiger partial charge in [-0.05, 0) is 39.9 Å². The maximum Gasteiger partial charge on any atom is 0.405 e. The zero-order chi connectivity index (χ0) is 13.9. The third kappa shape index (κ3) is 3.83. The van der Waals surface area contributed by atoms with Crippen LogP contribution in [-0.4, -0.2) is 61.3 Å². The molecule has 2 N–H and O–H groups in total. The van der Waals surface area contributed by atoms with Crippen molar-refractivity contribution in [1.29, 1.82) is 0 Å². The summed E-state index contributed by atoms with van der Waals surface area (Å²) in [5, 5.41) is 0. The van der Waals surface area contributed by atoms with E-state index in [1.54, 1.807) is 11.8 Å². The Labute approximate surface area is 107 Å². The van der Waals surface area contributed by atoms with Crippen molar-refractivity contribution in [3.63, 3.8) is 0 Å². The van der Waals surface area contributed by atoms with Gasteiger partial charge < -0.3 is 10.6 Å². The number of nitrogens with two attached hydrogens (primary N) is 1. The Hall–Kier alpha value is -0.330. The van der Waals surface area contributed by atoms with Crippen molar-refractivity contribution < 1.29 is 13.2 Å². The molecule has 3 atom stereocenters. The van der Waals surface area contributed by atoms with E-state index in [0.29, 0.717) is 19.5 Å². The molecular formula is C12H24F3N3. The van der Waals surface area contributed by atoms with Gasteiger partial charge in [-0.1, -0.05) is 6.92 Å². The molecule has 1 rings (SSSR count). The van der Waals surface area contributed by atoms with Crippen LogP contribution in [0.1, 0.15) is 26.2 Å². The van der Waals surface area contributed by atoms with E-state index in [0.717, 1.165) is 12.8 Å². The first kappa shape index (κ1) is 15.7. The molecule has 0 aliphatic carbocycles. The molecule has 0 aromatic carbocycles. The number of hydrogen-bond acceptors (Lipinski definition) is 3. The highest BCUT2D eigenvalue weighted by molar-refractivity contribution is 4.94. The molecule has 1 aliphatic heterocycles. The van der Waals surface area contributed by atoms with Crippen molar-refractivity contribution in [2.45, 2.75) is 50.5 Å². The molecule has 3 unspecified atom stereocenters. The molecule has 0 bridgehead atoms. The number of rotatable bonds is 5. The minimum atomic E-state index is -4.25. The Balaban J connectivity index is 2.84. The fraction of sp³-hybridized carbons (Fsp3) is 1.00. The lowest BCUT2D eigenvalue weighted by Crippen LogP contribution is -2.58. The molecule has 0 spiro atoms. The van der Waals surface area contributed by atoms with Crippen molar-refractivity contribution in [3.05, 3.63) is 0 Å². The van der Waals surface area contributed by atoms with Crippen molar-refractivity contribution >= 4 is 0 Å². The van der Waals surface area contributed by atoms with E-state index in [9.17, 15) is 13.2 Å². The van der Waals surface area contributed by atoms with Crippen LogP contribution in [-0.2, 0) is 0 Å². The predicted molar refractivity (Wildman–Crippen MR) is 66.4 cm³/mol. The zero-order valence-electron chi connectivity index (χ0n) is 11.4. The molecule has 1 heterocycles. The van der Waals surface area contributed by atoms with E-state index in [1.807, 2.05) is 19.0 Å². The number of alkyl halides is 3. The largest absolute Gasteiger partial charge is 0.405 e. The van der Waals surface area contributed by atoms with Crippen molar-refractivity contribution in [3.8, 4) is 0 Å². The summed E-state index contributed by atoms with van der Waals surface area (Å²) in [6.45, 7) is 2.86. The molecule has 0 aromatic heterocycles. The fourth-order valence-electron chi connectivity index (χ4n) is 2.74. The lowest BCUT2D eigenvalue weighted by Gasteiger charge is -2.38. The van der Waals surface area contributed by atoms with Crippen LogP contribution in [0, 0.1) is 0 Å². The van der Waals surface area contributed by atoms with Gasteiger partial charge in [0.1, 0.15) is 6.04 Å². The van der Waals surface area contributed by atoms with Crippen LogP contribution < -0.4 is 5.73 Å². The van der Waals surface area contributed by atoms with Crippen molar-refractivity contribution in [2.24, 2.45) is 5.73 Å². The third-order valence-electron chi connectivity index (χ3n) is 3.57. The Kier molecular flexibility index (Phi) is 5.43. The minimum absolute atomic E-state index is 0.0378. The summed E-state index contributed by atoms with van der Waals surface area (Å²) in [5.74, 6) is 0. The lowest BCUT2D eigenvalue weighted by atomic mass is 10.0. The zero-order valence-corrected chi connectivity index (χ0v) is 11.4. The van der Waals surface area contributed by atoms with E-state index in [1.165, 1.54) is 0 Å². The van der Waals surface area contributed by atoms with Gasteiger partial charge in [-0.2, -0.15) is 13.2 Å². The van der Waals surface area contributed by atoms with Gasteiger partial charge in [0.05, 0.1) is 0 Å². The van der Waals surface area contributed by atoms with E-state index in [2.05, 4.69) is 0 Å². The van der Waals surface area contributed by atoms with E-state index < -0.39 is 18.3 Å². The van der Waals surface area contributed by atoms with Crippen LogP contribution in [0.25, 0.3) is 0 Å². The van der Waals surface area contributed by atoms with E-state index in [4.69, 9.17) is 5.73 Å². The summed E-state index contributed by atoms with van der Waals surface area (Å²) < 4.78 is 39.6. The van der Waals surface area contributed by atoms with Crippen molar-refractivity contribution in [1.82, 2.24) is 9.80 Å². The molecule has 1 saturated heterocycles. The first-order valence-electron chi connectivity index (χ1n) is 6.50. The van der Waals surface area contributed by atoms with Gasteiger partial charge >= 0.3 is 6.18 Å². The van der Waals surface area contributed by atoms with E-state index >= 15 is 0 Å². The maximum atomic E-state index is 13.2. The molecule has 0 aromatic rings. The van der Waals surface area contributed by atoms with Crippen LogP contribution in [0.2, 0.25) is 0 Å². The summed E-state index contributed by atoms with van der Waals surface area (Å²) >= 11 is 0. The van der Waals surface area contributed by atoms with Crippen molar-refractivity contribution in [2.75, 3.05) is 27.2 Å². The highest BCUT2D eigenvalue weighted by Crippen LogP contribution is 2.33. The number of likely N-dealkylation sites (tertiary alicyclic amines) is 1. The minimum Gasteiger partial charge on any atom is -0.326 e. The number of halogens is 3. The third-order valence-corrected chi connectivity index (χ3v) is 3.57. The lowest BCUT2D eigenvalue weighted by molar-refractivity contribution is -0.192. The van der Waals surface area contributed by atoms with E-state index in [-0.39, 0.29) is 6.04 Å². The average molecular weight is 267 g/mol. The van der Waals surface area contributed by atoms with Gasteiger partial charge in [-0.25, -0.2) is 0 Å². The van der Waals surface area contributed by atoms with Gasteiger partial charge in [0.15, 0.2) is 0 Å². The topological polar surface area (TPSA) is 32.5 Å². The summed E-state index contributed by atoms with van der Waals surface area (Å²) in [6.07, 6.45) is -2.26. The quantitative estimate of drug-likeness (QED) is 0.822. The number of hydrogen-bond donors (Lipinski definition) is 1. The summed E-state index contributed by atoms with van der Waals surface area (Å²) in [4.78, 5) is 3.50. The molecule has 108 valence electrons. The molecule has 3 nitrogen and oxygen atoms in total. The smallest absolute Gasteiger partial charge is 0.326 e. The molecule has 1 aliphatic rings. The van der Waals surface area contributed by atoms with Crippen LogP contribution in [0.5, 0.6) is 0 Å². The maximum absolute atomic E-state index is 13.2. The van der Waals surface area contributed by atoms with Crippen LogP contribution in [0.4, 0.5) is 13.2 Å². The van der Waals surface area contributed by atoms with Crippen LogP contribution in [0.15, 0.2) is 0 Å². The SMILES string of the molecule is CCC(N)C(N1CCCC1CN(C)C)C(F)(F)F. The monoisotopic (exact) mass is 267 g/mol. The first-order valence-corrected chi connectivity index (χ1v) is 6.50. The van der Waals surface area contributed by atoms with Crippen LogP contribution >= 0.6 is 0 Å². The standard InChI is InChI=1S/C12H24F3N3/c1-4-10(16)11(12(13,14)15)18-7-5-6-9(18)8-17(2)3/h9-11H,4-8,16H2,1-3H3. The Morgan fingerprint density at radius 3 is 2.44 bits per heavy atom. The fourth-order valence-corrected chi connectivity index (χ4v) is 2.74. The molecule has 0 radical (unpaired) electrons. The summed E-state index contributed by atoms with van der Waals surface area (Å²) in [6, 6.07) is -2.38. The molecule has 0 saturated carbocycles. The van der Waals surface area contributed by atoms with Gasteiger partial charge in [0.25, 0.3) is 0 Å². The summed E-state index contributed by atoms with van der Waals surface area (Å²) in [7, 11) is 3.78. The first-order chi connectivity index (χ1) is 8.27. The Morgan fingerprint density at radius 1 is 1.39 bits per heavy atom. The molecule has 6 heteroatoms. The van der Waals surface area contributed by atoms with Gasteiger partial charge in [0.2, 0.25) is 0 Å². The van der Waals surface area contributed by atoms with Crippen LogP contribution in [0.3, 0.4) is 0 Å².